The average molecular weight is 235 g/mol. The number of ether oxygens (including phenoxy) is 1. The summed E-state index contributed by atoms with van der Waals surface area (Å²) < 4.78 is 5.15. The largest absolute Gasteiger partial charge is 0.497 e. The molecule has 0 bridgehead atoms. The van der Waals surface area contributed by atoms with Crippen LogP contribution in [0.5, 0.6) is 5.75 Å². The van der Waals surface area contributed by atoms with Crippen molar-refractivity contribution in [1.82, 2.24) is 4.90 Å². The molecule has 0 amide bonds. The molecule has 0 N–H and O–H groups in total. The first kappa shape index (κ1) is 14.0. The third-order valence-corrected chi connectivity index (χ3v) is 2.84. The van der Waals surface area contributed by atoms with Gasteiger partial charge in [0.2, 0.25) is 0 Å². The Morgan fingerprint density at radius 1 is 1.18 bits per heavy atom. The van der Waals surface area contributed by atoms with Crippen LogP contribution >= 0.6 is 0 Å². The number of hydrogen-bond donors (Lipinski definition) is 0. The molecule has 0 spiro atoms. The minimum absolute atomic E-state index is 0.751. The van der Waals surface area contributed by atoms with Gasteiger partial charge in [0.25, 0.3) is 0 Å². The molecule has 96 valence electrons. The molecule has 0 saturated carbocycles. The summed E-state index contributed by atoms with van der Waals surface area (Å²) >= 11 is 0. The Morgan fingerprint density at radius 3 is 2.35 bits per heavy atom. The van der Waals surface area contributed by atoms with Crippen LogP contribution in [0.4, 0.5) is 0 Å². The lowest BCUT2D eigenvalue weighted by Crippen LogP contribution is -2.24. The molecule has 0 atom stereocenters. The van der Waals surface area contributed by atoms with Crippen LogP contribution in [0.2, 0.25) is 0 Å². The Morgan fingerprint density at radius 2 is 1.82 bits per heavy atom. The van der Waals surface area contributed by atoms with Crippen molar-refractivity contribution < 1.29 is 4.74 Å². The van der Waals surface area contributed by atoms with E-state index in [1.165, 1.54) is 25.1 Å². The van der Waals surface area contributed by atoms with E-state index >= 15 is 0 Å². The van der Waals surface area contributed by atoms with Gasteiger partial charge in [0.15, 0.2) is 0 Å². The molecule has 17 heavy (non-hydrogen) atoms. The molecule has 0 aliphatic carbocycles. The lowest BCUT2D eigenvalue weighted by Gasteiger charge is -2.18. The molecular formula is C15H25NO. The van der Waals surface area contributed by atoms with Crippen LogP contribution in [0, 0.1) is 5.92 Å². The predicted octanol–water partition coefficient (Wildman–Crippen LogP) is 3.22. The second-order valence-corrected chi connectivity index (χ2v) is 5.11. The second-order valence-electron chi connectivity index (χ2n) is 5.11. The number of rotatable bonds is 7. The van der Waals surface area contributed by atoms with Crippen molar-refractivity contribution in [2.24, 2.45) is 5.92 Å². The van der Waals surface area contributed by atoms with Gasteiger partial charge in [-0.05, 0) is 50.0 Å². The number of benzene rings is 1. The van der Waals surface area contributed by atoms with Crippen molar-refractivity contribution >= 4 is 0 Å². The van der Waals surface area contributed by atoms with Gasteiger partial charge in [0.05, 0.1) is 7.11 Å². The van der Waals surface area contributed by atoms with Crippen LogP contribution in [0.25, 0.3) is 0 Å². The highest BCUT2D eigenvalue weighted by Gasteiger charge is 2.01. The first-order valence-electron chi connectivity index (χ1n) is 6.43. The molecule has 0 aromatic heterocycles. The van der Waals surface area contributed by atoms with E-state index in [1.54, 1.807) is 7.11 Å². The Labute approximate surface area is 106 Å². The first-order valence-corrected chi connectivity index (χ1v) is 6.43. The standard InChI is InChI=1S/C15H25NO/c1-13(2)12-16(3)11-5-6-14-7-9-15(17-4)10-8-14/h7-10,13H,5-6,11-12H2,1-4H3. The summed E-state index contributed by atoms with van der Waals surface area (Å²) in [5.41, 5.74) is 1.39. The predicted molar refractivity (Wildman–Crippen MR) is 73.7 cm³/mol. The van der Waals surface area contributed by atoms with Crippen molar-refractivity contribution in [2.75, 3.05) is 27.2 Å². The van der Waals surface area contributed by atoms with Crippen molar-refractivity contribution in [3.8, 4) is 5.75 Å². The molecular weight excluding hydrogens is 210 g/mol. The van der Waals surface area contributed by atoms with Gasteiger partial charge in [-0.2, -0.15) is 0 Å². The van der Waals surface area contributed by atoms with Crippen molar-refractivity contribution in [3.63, 3.8) is 0 Å². The summed E-state index contributed by atoms with van der Waals surface area (Å²) in [6.45, 7) is 6.88. The molecule has 2 nitrogen and oxygen atoms in total. The highest BCUT2D eigenvalue weighted by Crippen LogP contribution is 2.12. The number of nitrogens with zero attached hydrogens (tertiary/aromatic N) is 1. The molecule has 2 heteroatoms. The minimum Gasteiger partial charge on any atom is -0.497 e. The van der Waals surface area contributed by atoms with Gasteiger partial charge >= 0.3 is 0 Å². The van der Waals surface area contributed by atoms with Crippen molar-refractivity contribution in [1.29, 1.82) is 0 Å². The Balaban J connectivity index is 2.25. The van der Waals surface area contributed by atoms with Crippen LogP contribution in [0.3, 0.4) is 0 Å². The van der Waals surface area contributed by atoms with E-state index in [9.17, 15) is 0 Å². The SMILES string of the molecule is COc1ccc(CCCN(C)CC(C)C)cc1. The summed E-state index contributed by atoms with van der Waals surface area (Å²) in [6.07, 6.45) is 2.36. The third kappa shape index (κ3) is 5.73. The van der Waals surface area contributed by atoms with E-state index in [-0.39, 0.29) is 0 Å². The van der Waals surface area contributed by atoms with Gasteiger partial charge in [-0.3, -0.25) is 0 Å². The van der Waals surface area contributed by atoms with Gasteiger partial charge < -0.3 is 9.64 Å². The molecule has 0 heterocycles. The fraction of sp³-hybridized carbons (Fsp3) is 0.600. The third-order valence-electron chi connectivity index (χ3n) is 2.84. The maximum atomic E-state index is 5.15. The van der Waals surface area contributed by atoms with Gasteiger partial charge in [0, 0.05) is 6.54 Å². The van der Waals surface area contributed by atoms with Gasteiger partial charge in [-0.15, -0.1) is 0 Å². The maximum absolute atomic E-state index is 5.15. The summed E-state index contributed by atoms with van der Waals surface area (Å²) in [7, 11) is 3.91. The van der Waals surface area contributed by atoms with Crippen LogP contribution in [-0.4, -0.2) is 32.1 Å². The summed E-state index contributed by atoms with van der Waals surface area (Å²) in [5.74, 6) is 1.69. The fourth-order valence-electron chi connectivity index (χ4n) is 2.06. The molecule has 0 saturated heterocycles. The van der Waals surface area contributed by atoms with Crippen molar-refractivity contribution in [3.05, 3.63) is 29.8 Å². The molecule has 1 aromatic carbocycles. The zero-order valence-corrected chi connectivity index (χ0v) is 11.6. The normalized spacial score (nSPS) is 11.2. The van der Waals surface area contributed by atoms with E-state index < -0.39 is 0 Å². The quantitative estimate of drug-likeness (QED) is 0.719. The minimum atomic E-state index is 0.751. The average Bonchev–Trinajstić information content (AvgIpc) is 2.29. The summed E-state index contributed by atoms with van der Waals surface area (Å²) in [4.78, 5) is 2.41. The summed E-state index contributed by atoms with van der Waals surface area (Å²) in [5, 5.41) is 0. The lowest BCUT2D eigenvalue weighted by molar-refractivity contribution is 0.292. The topological polar surface area (TPSA) is 12.5 Å². The summed E-state index contributed by atoms with van der Waals surface area (Å²) in [6, 6.07) is 8.38. The molecule has 0 aliphatic heterocycles. The van der Waals surface area contributed by atoms with Crippen LogP contribution in [0.1, 0.15) is 25.8 Å². The highest BCUT2D eigenvalue weighted by atomic mass is 16.5. The molecule has 0 aliphatic rings. The molecule has 1 rings (SSSR count). The lowest BCUT2D eigenvalue weighted by atomic mass is 10.1. The molecule has 0 radical (unpaired) electrons. The van der Waals surface area contributed by atoms with Gasteiger partial charge in [-0.25, -0.2) is 0 Å². The van der Waals surface area contributed by atoms with E-state index in [0.29, 0.717) is 0 Å². The van der Waals surface area contributed by atoms with E-state index in [2.05, 4.69) is 37.9 Å². The number of hydrogen-bond acceptors (Lipinski definition) is 2. The van der Waals surface area contributed by atoms with E-state index in [1.807, 2.05) is 12.1 Å². The Bertz CT molecular complexity index is 305. The Hall–Kier alpha value is -1.02. The monoisotopic (exact) mass is 235 g/mol. The van der Waals surface area contributed by atoms with Crippen LogP contribution in [0.15, 0.2) is 24.3 Å². The first-order chi connectivity index (χ1) is 8.11. The fourth-order valence-corrected chi connectivity index (χ4v) is 2.06. The van der Waals surface area contributed by atoms with Crippen LogP contribution in [-0.2, 0) is 6.42 Å². The Kier molecular flexibility index (Phi) is 6.06. The second kappa shape index (κ2) is 7.33. The number of aryl methyl sites for hydroxylation is 1. The molecule has 0 fully saturated rings. The highest BCUT2D eigenvalue weighted by molar-refractivity contribution is 5.27. The van der Waals surface area contributed by atoms with Gasteiger partial charge in [0.1, 0.15) is 5.75 Å². The molecule has 1 aromatic rings. The van der Waals surface area contributed by atoms with E-state index in [0.717, 1.165) is 18.1 Å². The zero-order valence-electron chi connectivity index (χ0n) is 11.6. The smallest absolute Gasteiger partial charge is 0.118 e. The van der Waals surface area contributed by atoms with Crippen LogP contribution < -0.4 is 4.74 Å². The molecule has 0 unspecified atom stereocenters. The van der Waals surface area contributed by atoms with Gasteiger partial charge in [-0.1, -0.05) is 26.0 Å². The number of methoxy groups -OCH3 is 1. The van der Waals surface area contributed by atoms with Crippen molar-refractivity contribution in [2.45, 2.75) is 26.7 Å². The maximum Gasteiger partial charge on any atom is 0.118 e. The van der Waals surface area contributed by atoms with E-state index in [4.69, 9.17) is 4.74 Å². The zero-order chi connectivity index (χ0) is 12.7.